The molecule has 0 saturated carbocycles. The number of amides is 1. The summed E-state index contributed by atoms with van der Waals surface area (Å²) in [6.45, 7) is 5.91. The van der Waals surface area contributed by atoms with Gasteiger partial charge in [-0.3, -0.25) is 9.59 Å². The first kappa shape index (κ1) is 26.1. The van der Waals surface area contributed by atoms with E-state index in [1.807, 2.05) is 35.2 Å². The minimum Gasteiger partial charge on any atom is -0.497 e. The van der Waals surface area contributed by atoms with Gasteiger partial charge in [0.15, 0.2) is 11.5 Å². The van der Waals surface area contributed by atoms with Crippen molar-refractivity contribution in [3.05, 3.63) is 59.3 Å². The lowest BCUT2D eigenvalue weighted by Crippen LogP contribution is -2.35. The van der Waals surface area contributed by atoms with Gasteiger partial charge in [0.1, 0.15) is 30.1 Å². The molecule has 1 aromatic heterocycles. The Labute approximate surface area is 226 Å². The van der Waals surface area contributed by atoms with Crippen molar-refractivity contribution < 1.29 is 33.3 Å². The standard InChI is InChI=1S/C28H30N4O7/c1-28(2,3)39-24(33)14-29-25(34)20-13-30-27(32-10-9-18-12-19(35-4)6-7-21(18)32)31-26(20)36-15-17-5-8-22-23(11-17)38-16-37-22/h5-8,11-13H,9-10,14-16H2,1-4H3,(H,29,34). The highest BCUT2D eigenvalue weighted by atomic mass is 16.7. The molecular weight excluding hydrogens is 504 g/mol. The molecule has 11 nitrogen and oxygen atoms in total. The number of ether oxygens (including phenoxy) is 5. The Morgan fingerprint density at radius 1 is 1.10 bits per heavy atom. The van der Waals surface area contributed by atoms with E-state index in [1.165, 1.54) is 6.20 Å². The van der Waals surface area contributed by atoms with Crippen LogP contribution in [0.5, 0.6) is 23.1 Å². The molecule has 3 aromatic rings. The zero-order valence-corrected chi connectivity index (χ0v) is 22.3. The molecule has 0 fully saturated rings. The maximum Gasteiger partial charge on any atom is 0.325 e. The van der Waals surface area contributed by atoms with Crippen LogP contribution in [0.25, 0.3) is 0 Å². The van der Waals surface area contributed by atoms with Crippen LogP contribution < -0.4 is 29.2 Å². The van der Waals surface area contributed by atoms with E-state index in [0.717, 1.165) is 29.0 Å². The molecule has 0 saturated heterocycles. The Morgan fingerprint density at radius 2 is 1.92 bits per heavy atom. The molecule has 1 amide bonds. The van der Waals surface area contributed by atoms with E-state index >= 15 is 0 Å². The lowest BCUT2D eigenvalue weighted by molar-refractivity contribution is -0.153. The third-order valence-electron chi connectivity index (χ3n) is 6.04. The first-order chi connectivity index (χ1) is 18.7. The number of esters is 1. The normalized spacial score (nSPS) is 13.6. The van der Waals surface area contributed by atoms with Gasteiger partial charge in [-0.1, -0.05) is 6.07 Å². The first-order valence-corrected chi connectivity index (χ1v) is 12.5. The monoisotopic (exact) mass is 534 g/mol. The Bertz CT molecular complexity index is 1400. The molecule has 2 aliphatic rings. The summed E-state index contributed by atoms with van der Waals surface area (Å²) < 4.78 is 27.5. The fraction of sp³-hybridized carbons (Fsp3) is 0.357. The van der Waals surface area contributed by atoms with Gasteiger partial charge in [-0.05, 0) is 68.7 Å². The van der Waals surface area contributed by atoms with Crippen LogP contribution in [0.3, 0.4) is 0 Å². The quantitative estimate of drug-likeness (QED) is 0.429. The van der Waals surface area contributed by atoms with E-state index in [-0.39, 0.29) is 31.4 Å². The van der Waals surface area contributed by atoms with E-state index in [4.69, 9.17) is 23.7 Å². The van der Waals surface area contributed by atoms with Gasteiger partial charge < -0.3 is 33.9 Å². The van der Waals surface area contributed by atoms with Crippen molar-refractivity contribution in [2.75, 3.05) is 31.9 Å². The summed E-state index contributed by atoms with van der Waals surface area (Å²) >= 11 is 0. The van der Waals surface area contributed by atoms with Crippen LogP contribution in [0.15, 0.2) is 42.6 Å². The Kier molecular flexibility index (Phi) is 7.14. The summed E-state index contributed by atoms with van der Waals surface area (Å²) in [5.74, 6) is 1.43. The second-order valence-corrected chi connectivity index (χ2v) is 10.0. The molecular formula is C28H30N4O7. The summed E-state index contributed by atoms with van der Waals surface area (Å²) in [5.41, 5.74) is 2.30. The SMILES string of the molecule is COc1ccc2c(c1)CCN2c1ncc(C(=O)NCC(=O)OC(C)(C)C)c(OCc2ccc3c(c2)OCO3)n1. The third kappa shape index (κ3) is 5.97. The van der Waals surface area contributed by atoms with Gasteiger partial charge in [-0.15, -0.1) is 0 Å². The minimum absolute atomic E-state index is 0.0846. The smallest absolute Gasteiger partial charge is 0.325 e. The Balaban J connectivity index is 1.39. The van der Waals surface area contributed by atoms with E-state index in [1.54, 1.807) is 33.9 Å². The number of fused-ring (bicyclic) bond motifs is 2. The molecule has 204 valence electrons. The summed E-state index contributed by atoms with van der Waals surface area (Å²) in [5, 5.41) is 2.57. The molecule has 11 heteroatoms. The Morgan fingerprint density at radius 3 is 2.72 bits per heavy atom. The number of carbonyl (C=O) groups is 2. The lowest BCUT2D eigenvalue weighted by Gasteiger charge is -2.20. The highest BCUT2D eigenvalue weighted by molar-refractivity contribution is 5.97. The van der Waals surface area contributed by atoms with Crippen LogP contribution in [-0.2, 0) is 22.6 Å². The van der Waals surface area contributed by atoms with E-state index in [2.05, 4.69) is 15.3 Å². The van der Waals surface area contributed by atoms with Crippen molar-refractivity contribution in [2.45, 2.75) is 39.4 Å². The van der Waals surface area contributed by atoms with Gasteiger partial charge in [-0.2, -0.15) is 4.98 Å². The number of anilines is 2. The molecule has 5 rings (SSSR count). The number of nitrogens with one attached hydrogen (secondary N) is 1. The molecule has 0 radical (unpaired) electrons. The molecule has 3 heterocycles. The number of hydrogen-bond donors (Lipinski definition) is 1. The van der Waals surface area contributed by atoms with Crippen LogP contribution in [0.4, 0.5) is 11.6 Å². The number of rotatable bonds is 8. The summed E-state index contributed by atoms with van der Waals surface area (Å²) in [7, 11) is 1.63. The topological polar surface area (TPSA) is 121 Å². The zero-order valence-electron chi connectivity index (χ0n) is 22.3. The fourth-order valence-corrected chi connectivity index (χ4v) is 4.27. The van der Waals surface area contributed by atoms with Gasteiger partial charge in [0.25, 0.3) is 5.91 Å². The summed E-state index contributed by atoms with van der Waals surface area (Å²) in [6, 6.07) is 11.3. The zero-order chi connectivity index (χ0) is 27.6. The van der Waals surface area contributed by atoms with Crippen molar-refractivity contribution in [3.63, 3.8) is 0 Å². The largest absolute Gasteiger partial charge is 0.497 e. The van der Waals surface area contributed by atoms with E-state index < -0.39 is 17.5 Å². The van der Waals surface area contributed by atoms with Crippen molar-refractivity contribution in [3.8, 4) is 23.1 Å². The number of nitrogens with zero attached hydrogens (tertiary/aromatic N) is 3. The molecule has 1 N–H and O–H groups in total. The second kappa shape index (κ2) is 10.7. The lowest BCUT2D eigenvalue weighted by atomic mass is 10.1. The highest BCUT2D eigenvalue weighted by Crippen LogP contribution is 2.36. The molecule has 39 heavy (non-hydrogen) atoms. The van der Waals surface area contributed by atoms with Crippen molar-refractivity contribution >= 4 is 23.5 Å². The van der Waals surface area contributed by atoms with Gasteiger partial charge in [0.05, 0.1) is 7.11 Å². The van der Waals surface area contributed by atoms with Crippen LogP contribution >= 0.6 is 0 Å². The van der Waals surface area contributed by atoms with Crippen LogP contribution in [0, 0.1) is 0 Å². The van der Waals surface area contributed by atoms with E-state index in [0.29, 0.717) is 24.0 Å². The molecule has 0 atom stereocenters. The molecule has 2 aliphatic heterocycles. The van der Waals surface area contributed by atoms with Gasteiger partial charge >= 0.3 is 5.97 Å². The van der Waals surface area contributed by atoms with Crippen LogP contribution in [0.1, 0.15) is 42.3 Å². The Hall–Kier alpha value is -4.54. The average Bonchev–Trinajstić information content (AvgIpc) is 3.55. The predicted octanol–water partition coefficient (Wildman–Crippen LogP) is 3.56. The molecule has 2 aromatic carbocycles. The van der Waals surface area contributed by atoms with Gasteiger partial charge in [0, 0.05) is 18.4 Å². The fourth-order valence-electron chi connectivity index (χ4n) is 4.27. The maximum absolute atomic E-state index is 13.1. The number of benzene rings is 2. The summed E-state index contributed by atoms with van der Waals surface area (Å²) in [6.07, 6.45) is 2.20. The predicted molar refractivity (Wildman–Crippen MR) is 141 cm³/mol. The van der Waals surface area contributed by atoms with Gasteiger partial charge in [0.2, 0.25) is 18.6 Å². The van der Waals surface area contributed by atoms with Crippen LogP contribution in [0.2, 0.25) is 0 Å². The number of carbonyl (C=O) groups excluding carboxylic acids is 2. The summed E-state index contributed by atoms with van der Waals surface area (Å²) in [4.78, 5) is 36.2. The van der Waals surface area contributed by atoms with Crippen molar-refractivity contribution in [2.24, 2.45) is 0 Å². The van der Waals surface area contributed by atoms with Crippen LogP contribution in [-0.4, -0.2) is 54.4 Å². The van der Waals surface area contributed by atoms with Crippen molar-refractivity contribution in [1.29, 1.82) is 0 Å². The second-order valence-electron chi connectivity index (χ2n) is 10.0. The minimum atomic E-state index is -0.665. The highest BCUT2D eigenvalue weighted by Gasteiger charge is 2.26. The van der Waals surface area contributed by atoms with Gasteiger partial charge in [-0.25, -0.2) is 4.98 Å². The number of hydrogen-bond acceptors (Lipinski definition) is 10. The third-order valence-corrected chi connectivity index (χ3v) is 6.04. The van der Waals surface area contributed by atoms with E-state index in [9.17, 15) is 9.59 Å². The number of aromatic nitrogens is 2. The molecule has 0 unspecified atom stereocenters. The average molecular weight is 535 g/mol. The number of methoxy groups -OCH3 is 1. The molecule has 0 spiro atoms. The maximum atomic E-state index is 13.1. The van der Waals surface area contributed by atoms with Crippen molar-refractivity contribution in [1.82, 2.24) is 15.3 Å². The first-order valence-electron chi connectivity index (χ1n) is 12.5. The molecule has 0 aliphatic carbocycles. The molecule has 0 bridgehead atoms.